The summed E-state index contributed by atoms with van der Waals surface area (Å²) in [7, 11) is 0. The van der Waals surface area contributed by atoms with Gasteiger partial charge in [0, 0.05) is 25.6 Å². The van der Waals surface area contributed by atoms with Crippen LogP contribution in [0.5, 0.6) is 0 Å². The highest BCUT2D eigenvalue weighted by Crippen LogP contribution is 2.28. The van der Waals surface area contributed by atoms with Crippen molar-refractivity contribution in [3.05, 3.63) is 0 Å². The van der Waals surface area contributed by atoms with Gasteiger partial charge in [0.05, 0.1) is 0 Å². The number of nitrogens with zero attached hydrogens (tertiary/aromatic N) is 1. The van der Waals surface area contributed by atoms with Crippen LogP contribution in [0.15, 0.2) is 0 Å². The van der Waals surface area contributed by atoms with E-state index < -0.39 is 0 Å². The molecule has 1 saturated carbocycles. The molecule has 1 unspecified atom stereocenters. The van der Waals surface area contributed by atoms with E-state index in [1.165, 1.54) is 32.1 Å². The number of nitrogens with one attached hydrogen (secondary N) is 1. The van der Waals surface area contributed by atoms with Crippen molar-refractivity contribution in [1.82, 2.24) is 10.2 Å². The minimum Gasteiger partial charge on any atom is -0.341 e. The molecule has 1 heterocycles. The third kappa shape index (κ3) is 3.44. The maximum atomic E-state index is 11.8. The second-order valence-corrected chi connectivity index (χ2v) is 5.51. The van der Waals surface area contributed by atoms with Gasteiger partial charge in [-0.05, 0) is 38.1 Å². The van der Waals surface area contributed by atoms with Gasteiger partial charge in [0.2, 0.25) is 5.91 Å². The third-order valence-corrected chi connectivity index (χ3v) is 4.27. The minimum atomic E-state index is 0.372. The highest BCUT2D eigenvalue weighted by Gasteiger charge is 2.28. The first kappa shape index (κ1) is 12.9. The number of hydrogen-bond donors (Lipinski definition) is 1. The second-order valence-electron chi connectivity index (χ2n) is 5.51. The molecule has 0 bridgehead atoms. The van der Waals surface area contributed by atoms with Crippen molar-refractivity contribution in [2.24, 2.45) is 5.92 Å². The largest absolute Gasteiger partial charge is 0.341 e. The van der Waals surface area contributed by atoms with E-state index in [0.29, 0.717) is 11.9 Å². The smallest absolute Gasteiger partial charge is 0.222 e. The van der Waals surface area contributed by atoms with Crippen molar-refractivity contribution in [2.75, 3.05) is 19.6 Å². The quantitative estimate of drug-likeness (QED) is 0.796. The lowest BCUT2D eigenvalue weighted by atomic mass is 9.96. The van der Waals surface area contributed by atoms with Gasteiger partial charge in [-0.25, -0.2) is 0 Å². The van der Waals surface area contributed by atoms with E-state index in [9.17, 15) is 4.79 Å². The Morgan fingerprint density at radius 1 is 1.29 bits per heavy atom. The number of amides is 1. The lowest BCUT2D eigenvalue weighted by Gasteiger charge is -2.33. The Kier molecular flexibility index (Phi) is 4.84. The van der Waals surface area contributed by atoms with Crippen LogP contribution in [-0.2, 0) is 4.79 Å². The molecule has 3 nitrogen and oxygen atoms in total. The number of piperidine rings is 1. The summed E-state index contributed by atoms with van der Waals surface area (Å²) in [6.45, 7) is 5.11. The standard InChI is InChI=1S/C14H26N2O/c1-2-15-13(12-7-3-4-8-12)11-16-10-6-5-9-14(16)17/h12-13,15H,2-11H2,1H3. The Hall–Kier alpha value is -0.570. The summed E-state index contributed by atoms with van der Waals surface area (Å²) in [5.74, 6) is 1.17. The van der Waals surface area contributed by atoms with Crippen LogP contribution in [0.3, 0.4) is 0 Å². The first-order chi connectivity index (χ1) is 8.31. The van der Waals surface area contributed by atoms with Gasteiger partial charge in [-0.1, -0.05) is 19.8 Å². The average Bonchev–Trinajstić information content (AvgIpc) is 2.85. The summed E-state index contributed by atoms with van der Waals surface area (Å²) in [5.41, 5.74) is 0. The topological polar surface area (TPSA) is 32.3 Å². The van der Waals surface area contributed by atoms with Gasteiger partial charge < -0.3 is 10.2 Å². The van der Waals surface area contributed by atoms with Crippen molar-refractivity contribution in [3.8, 4) is 0 Å². The van der Waals surface area contributed by atoms with Crippen molar-refractivity contribution in [1.29, 1.82) is 0 Å². The van der Waals surface area contributed by atoms with Gasteiger partial charge >= 0.3 is 0 Å². The molecule has 0 aromatic carbocycles. The molecule has 1 N–H and O–H groups in total. The fraction of sp³-hybridized carbons (Fsp3) is 0.929. The predicted octanol–water partition coefficient (Wildman–Crippen LogP) is 2.17. The Morgan fingerprint density at radius 3 is 2.71 bits per heavy atom. The van der Waals surface area contributed by atoms with E-state index >= 15 is 0 Å². The zero-order valence-electron chi connectivity index (χ0n) is 11.1. The third-order valence-electron chi connectivity index (χ3n) is 4.27. The number of rotatable bonds is 5. The normalized spacial score (nSPS) is 24.3. The van der Waals surface area contributed by atoms with Crippen LogP contribution in [0.1, 0.15) is 51.9 Å². The van der Waals surface area contributed by atoms with Crippen LogP contribution in [0.2, 0.25) is 0 Å². The summed E-state index contributed by atoms with van der Waals surface area (Å²) in [4.78, 5) is 13.9. The zero-order valence-corrected chi connectivity index (χ0v) is 11.1. The Balaban J connectivity index is 1.89. The van der Waals surface area contributed by atoms with Gasteiger partial charge in [0.1, 0.15) is 0 Å². The molecule has 17 heavy (non-hydrogen) atoms. The first-order valence-corrected chi connectivity index (χ1v) is 7.32. The Morgan fingerprint density at radius 2 is 2.06 bits per heavy atom. The van der Waals surface area contributed by atoms with Crippen molar-refractivity contribution < 1.29 is 4.79 Å². The summed E-state index contributed by atoms with van der Waals surface area (Å²) in [5, 5.41) is 3.60. The van der Waals surface area contributed by atoms with Gasteiger partial charge in [0.25, 0.3) is 0 Å². The van der Waals surface area contributed by atoms with Crippen LogP contribution >= 0.6 is 0 Å². The van der Waals surface area contributed by atoms with Gasteiger partial charge in [-0.2, -0.15) is 0 Å². The van der Waals surface area contributed by atoms with E-state index in [4.69, 9.17) is 0 Å². The molecule has 0 spiro atoms. The molecule has 1 amide bonds. The van der Waals surface area contributed by atoms with Gasteiger partial charge in [-0.3, -0.25) is 4.79 Å². The summed E-state index contributed by atoms with van der Waals surface area (Å²) >= 11 is 0. The maximum Gasteiger partial charge on any atom is 0.222 e. The lowest BCUT2D eigenvalue weighted by molar-refractivity contribution is -0.133. The molecule has 1 saturated heterocycles. The summed E-state index contributed by atoms with van der Waals surface area (Å²) in [6, 6.07) is 0.532. The number of likely N-dealkylation sites (N-methyl/N-ethyl adjacent to an activating group) is 1. The summed E-state index contributed by atoms with van der Waals surface area (Å²) in [6.07, 6.45) is 8.49. The van der Waals surface area contributed by atoms with Crippen molar-refractivity contribution in [3.63, 3.8) is 0 Å². The van der Waals surface area contributed by atoms with E-state index in [0.717, 1.165) is 38.4 Å². The first-order valence-electron chi connectivity index (χ1n) is 7.32. The van der Waals surface area contributed by atoms with E-state index in [2.05, 4.69) is 17.1 Å². The van der Waals surface area contributed by atoms with Crippen molar-refractivity contribution in [2.45, 2.75) is 57.9 Å². The number of carbonyl (C=O) groups excluding carboxylic acids is 1. The molecule has 1 aliphatic heterocycles. The molecule has 3 heteroatoms. The SMILES string of the molecule is CCNC(CN1CCCCC1=O)C1CCCC1. The van der Waals surface area contributed by atoms with Crippen LogP contribution in [0.25, 0.3) is 0 Å². The molecular formula is C14H26N2O. The molecule has 0 aromatic heterocycles. The molecule has 0 radical (unpaired) electrons. The van der Waals surface area contributed by atoms with E-state index in [1.54, 1.807) is 0 Å². The molecule has 1 aliphatic carbocycles. The summed E-state index contributed by atoms with van der Waals surface area (Å²) < 4.78 is 0. The maximum absolute atomic E-state index is 11.8. The highest BCUT2D eigenvalue weighted by molar-refractivity contribution is 5.76. The number of hydrogen-bond acceptors (Lipinski definition) is 2. The monoisotopic (exact) mass is 238 g/mol. The van der Waals surface area contributed by atoms with Crippen LogP contribution < -0.4 is 5.32 Å². The Bertz CT molecular complexity index is 249. The molecule has 2 fully saturated rings. The van der Waals surface area contributed by atoms with E-state index in [1.807, 2.05) is 0 Å². The van der Waals surface area contributed by atoms with Crippen LogP contribution in [-0.4, -0.2) is 36.5 Å². The lowest BCUT2D eigenvalue weighted by Crippen LogP contribution is -2.48. The average molecular weight is 238 g/mol. The minimum absolute atomic E-state index is 0.372. The molecule has 2 aliphatic rings. The van der Waals surface area contributed by atoms with Crippen LogP contribution in [0.4, 0.5) is 0 Å². The zero-order chi connectivity index (χ0) is 12.1. The number of carbonyl (C=O) groups is 1. The van der Waals surface area contributed by atoms with Gasteiger partial charge in [0.15, 0.2) is 0 Å². The molecule has 0 aromatic rings. The fourth-order valence-corrected chi connectivity index (χ4v) is 3.29. The van der Waals surface area contributed by atoms with Gasteiger partial charge in [-0.15, -0.1) is 0 Å². The van der Waals surface area contributed by atoms with Crippen molar-refractivity contribution >= 4 is 5.91 Å². The fourth-order valence-electron chi connectivity index (χ4n) is 3.29. The second kappa shape index (κ2) is 6.39. The van der Waals surface area contributed by atoms with E-state index in [-0.39, 0.29) is 0 Å². The molecule has 98 valence electrons. The highest BCUT2D eigenvalue weighted by atomic mass is 16.2. The number of likely N-dealkylation sites (tertiary alicyclic amines) is 1. The molecular weight excluding hydrogens is 212 g/mol. The van der Waals surface area contributed by atoms with Crippen LogP contribution in [0, 0.1) is 5.92 Å². The molecule has 2 rings (SSSR count). The Labute approximate surface area is 105 Å². The predicted molar refractivity (Wildman–Crippen MR) is 69.9 cm³/mol. The molecule has 1 atom stereocenters.